The van der Waals surface area contributed by atoms with Crippen molar-refractivity contribution in [3.63, 3.8) is 0 Å². The molecule has 0 amide bonds. The Morgan fingerprint density at radius 2 is 1.83 bits per heavy atom. The van der Waals surface area contributed by atoms with Gasteiger partial charge in [-0.05, 0) is 42.5 Å². The Bertz CT molecular complexity index is 457. The lowest BCUT2D eigenvalue weighted by atomic mass is 9.87. The van der Waals surface area contributed by atoms with Crippen molar-refractivity contribution in [2.75, 3.05) is 0 Å². The second kappa shape index (κ2) is 4.96. The van der Waals surface area contributed by atoms with Crippen molar-refractivity contribution >= 4 is 11.9 Å². The van der Waals surface area contributed by atoms with Crippen molar-refractivity contribution in [1.29, 1.82) is 0 Å². The van der Waals surface area contributed by atoms with Crippen LogP contribution in [0, 0.1) is 5.92 Å². The van der Waals surface area contributed by atoms with Crippen LogP contribution in [0.1, 0.15) is 30.4 Å². The van der Waals surface area contributed by atoms with E-state index in [4.69, 9.17) is 0 Å². The molecule has 0 bridgehead atoms. The summed E-state index contributed by atoms with van der Waals surface area (Å²) in [6.45, 7) is 0. The first-order valence-corrected chi connectivity index (χ1v) is 5.82. The Balaban J connectivity index is 2.16. The summed E-state index contributed by atoms with van der Waals surface area (Å²) in [5, 5.41) is 0. The van der Waals surface area contributed by atoms with Gasteiger partial charge in [0.2, 0.25) is 0 Å². The molecule has 0 fully saturated rings. The maximum Gasteiger partial charge on any atom is 0.416 e. The fraction of sp³-hybridized carbons (Fsp3) is 0.357. The highest BCUT2D eigenvalue weighted by molar-refractivity contribution is 5.68. The lowest BCUT2D eigenvalue weighted by Crippen LogP contribution is -2.07. The van der Waals surface area contributed by atoms with E-state index in [1.165, 1.54) is 12.1 Å². The third-order valence-corrected chi connectivity index (χ3v) is 3.23. The van der Waals surface area contributed by atoms with E-state index >= 15 is 0 Å². The fourth-order valence-corrected chi connectivity index (χ4v) is 2.11. The molecule has 0 saturated carbocycles. The van der Waals surface area contributed by atoms with Crippen LogP contribution in [0.25, 0.3) is 5.57 Å². The molecule has 1 nitrogen and oxygen atoms in total. The van der Waals surface area contributed by atoms with Gasteiger partial charge in [0.25, 0.3) is 0 Å². The maximum absolute atomic E-state index is 12.4. The maximum atomic E-state index is 12.4. The molecule has 0 aliphatic heterocycles. The van der Waals surface area contributed by atoms with E-state index < -0.39 is 11.7 Å². The Morgan fingerprint density at radius 1 is 1.17 bits per heavy atom. The molecule has 1 atom stereocenters. The van der Waals surface area contributed by atoms with Crippen molar-refractivity contribution in [2.24, 2.45) is 5.92 Å². The number of aldehydes is 1. The van der Waals surface area contributed by atoms with E-state index in [-0.39, 0.29) is 5.92 Å². The van der Waals surface area contributed by atoms with Crippen molar-refractivity contribution in [3.05, 3.63) is 41.5 Å². The largest absolute Gasteiger partial charge is 0.416 e. The molecular weight excluding hydrogens is 241 g/mol. The van der Waals surface area contributed by atoms with Gasteiger partial charge in [-0.25, -0.2) is 0 Å². The number of benzene rings is 1. The minimum Gasteiger partial charge on any atom is -0.303 e. The van der Waals surface area contributed by atoms with E-state index in [1.807, 2.05) is 6.08 Å². The monoisotopic (exact) mass is 254 g/mol. The van der Waals surface area contributed by atoms with E-state index in [1.54, 1.807) is 0 Å². The van der Waals surface area contributed by atoms with Gasteiger partial charge < -0.3 is 4.79 Å². The smallest absolute Gasteiger partial charge is 0.303 e. The van der Waals surface area contributed by atoms with Crippen molar-refractivity contribution < 1.29 is 18.0 Å². The average molecular weight is 254 g/mol. The summed E-state index contributed by atoms with van der Waals surface area (Å²) in [5.74, 6) is 0.0585. The van der Waals surface area contributed by atoms with Gasteiger partial charge in [0.1, 0.15) is 6.29 Å². The average Bonchev–Trinajstić information content (AvgIpc) is 2.38. The molecule has 0 heterocycles. The van der Waals surface area contributed by atoms with Crippen LogP contribution in [-0.2, 0) is 11.0 Å². The zero-order valence-electron chi connectivity index (χ0n) is 9.70. The Hall–Kier alpha value is -1.58. The van der Waals surface area contributed by atoms with E-state index in [0.29, 0.717) is 6.42 Å². The third-order valence-electron chi connectivity index (χ3n) is 3.23. The van der Waals surface area contributed by atoms with Gasteiger partial charge in [-0.2, -0.15) is 13.2 Å². The number of carbonyl (C=O) groups is 1. The predicted octanol–water partition coefficient (Wildman–Crippen LogP) is 4.09. The predicted molar refractivity (Wildman–Crippen MR) is 62.8 cm³/mol. The third kappa shape index (κ3) is 2.81. The number of hydrogen-bond acceptors (Lipinski definition) is 1. The highest BCUT2D eigenvalue weighted by Crippen LogP contribution is 2.33. The zero-order chi connectivity index (χ0) is 13.2. The summed E-state index contributed by atoms with van der Waals surface area (Å²) in [6, 6.07) is 5.19. The van der Waals surface area contributed by atoms with Crippen LogP contribution in [0.15, 0.2) is 30.3 Å². The van der Waals surface area contributed by atoms with Gasteiger partial charge in [0.15, 0.2) is 0 Å². The molecule has 1 aliphatic rings. The molecule has 1 aliphatic carbocycles. The first kappa shape index (κ1) is 12.9. The SMILES string of the molecule is O=CC1CC=C(c2ccc(C(F)(F)F)cc2)CC1. The van der Waals surface area contributed by atoms with Crippen LogP contribution < -0.4 is 0 Å². The Morgan fingerprint density at radius 3 is 2.28 bits per heavy atom. The normalized spacial score (nSPS) is 20.4. The minimum atomic E-state index is -4.29. The van der Waals surface area contributed by atoms with Gasteiger partial charge >= 0.3 is 6.18 Å². The molecule has 0 aromatic heterocycles. The second-order valence-electron chi connectivity index (χ2n) is 4.48. The number of alkyl halides is 3. The minimum absolute atomic E-state index is 0.0585. The Kier molecular flexibility index (Phi) is 3.55. The molecule has 1 aromatic carbocycles. The number of rotatable bonds is 2. The molecular formula is C14H13F3O. The zero-order valence-corrected chi connectivity index (χ0v) is 9.70. The second-order valence-corrected chi connectivity index (χ2v) is 4.48. The molecule has 0 radical (unpaired) electrons. The van der Waals surface area contributed by atoms with Crippen LogP contribution in [-0.4, -0.2) is 6.29 Å². The van der Waals surface area contributed by atoms with Crippen LogP contribution in [0.3, 0.4) is 0 Å². The lowest BCUT2D eigenvalue weighted by molar-refractivity contribution is -0.137. The van der Waals surface area contributed by atoms with Gasteiger partial charge in [-0.15, -0.1) is 0 Å². The fourth-order valence-electron chi connectivity index (χ4n) is 2.11. The summed E-state index contributed by atoms with van der Waals surface area (Å²) in [6.07, 6.45) is 0.804. The topological polar surface area (TPSA) is 17.1 Å². The first-order valence-electron chi connectivity index (χ1n) is 5.82. The molecule has 96 valence electrons. The number of hydrogen-bond donors (Lipinski definition) is 0. The summed E-state index contributed by atoms with van der Waals surface area (Å²) in [4.78, 5) is 10.6. The number of carbonyl (C=O) groups excluding carboxylic acids is 1. The van der Waals surface area contributed by atoms with Gasteiger partial charge in [-0.3, -0.25) is 0 Å². The summed E-state index contributed by atoms with van der Waals surface area (Å²) in [7, 11) is 0. The molecule has 18 heavy (non-hydrogen) atoms. The quantitative estimate of drug-likeness (QED) is 0.726. The van der Waals surface area contributed by atoms with Gasteiger partial charge in [-0.1, -0.05) is 18.2 Å². The Labute approximate surface area is 103 Å². The van der Waals surface area contributed by atoms with E-state index in [0.717, 1.165) is 42.4 Å². The molecule has 2 rings (SSSR count). The van der Waals surface area contributed by atoms with E-state index in [9.17, 15) is 18.0 Å². The molecule has 0 saturated heterocycles. The molecule has 0 N–H and O–H groups in total. The van der Waals surface area contributed by atoms with E-state index in [2.05, 4.69) is 0 Å². The van der Waals surface area contributed by atoms with Crippen LogP contribution in [0.2, 0.25) is 0 Å². The van der Waals surface area contributed by atoms with Crippen molar-refractivity contribution in [1.82, 2.24) is 0 Å². The molecule has 1 unspecified atom stereocenters. The van der Waals surface area contributed by atoms with Gasteiger partial charge in [0.05, 0.1) is 5.56 Å². The lowest BCUT2D eigenvalue weighted by Gasteiger charge is -2.18. The first-order chi connectivity index (χ1) is 8.50. The summed E-state index contributed by atoms with van der Waals surface area (Å²) >= 11 is 0. The molecule has 0 spiro atoms. The van der Waals surface area contributed by atoms with Crippen molar-refractivity contribution in [3.8, 4) is 0 Å². The summed E-state index contributed by atoms with van der Waals surface area (Å²) < 4.78 is 37.2. The van der Waals surface area contributed by atoms with Crippen LogP contribution in [0.5, 0.6) is 0 Å². The molecule has 4 heteroatoms. The van der Waals surface area contributed by atoms with Crippen molar-refractivity contribution in [2.45, 2.75) is 25.4 Å². The van der Waals surface area contributed by atoms with Crippen LogP contribution >= 0.6 is 0 Å². The highest BCUT2D eigenvalue weighted by Gasteiger charge is 2.30. The molecule has 1 aromatic rings. The standard InChI is InChI=1S/C14H13F3O/c15-14(16,17)13-7-5-12(6-8-13)11-3-1-10(9-18)2-4-11/h3,5-10H,1-2,4H2. The van der Waals surface area contributed by atoms with Crippen LogP contribution in [0.4, 0.5) is 13.2 Å². The summed E-state index contributed by atoms with van der Waals surface area (Å²) in [5.41, 5.74) is 1.21. The van der Waals surface area contributed by atoms with Gasteiger partial charge in [0, 0.05) is 5.92 Å². The number of allylic oxidation sites excluding steroid dienone is 2. The number of halogens is 3. The highest BCUT2D eigenvalue weighted by atomic mass is 19.4.